The van der Waals surface area contributed by atoms with Crippen LogP contribution in [0.1, 0.15) is 0 Å². The predicted molar refractivity (Wildman–Crippen MR) is 15.2 cm³/mol. The molecule has 0 aromatic carbocycles. The van der Waals surface area contributed by atoms with Gasteiger partial charge in [-0.3, -0.25) is 9.13 Å². The van der Waals surface area contributed by atoms with Crippen LogP contribution < -0.4 is 9.79 Å². The van der Waals surface area contributed by atoms with Gasteiger partial charge in [-0.2, -0.15) is 0 Å². The monoisotopic (exact) mass is 328 g/mol. The standard InChI is InChI=1S/Hg.2HO2P/c;2*1-3-2/h;2*(H,1,2)/q+2;;/p-2. The van der Waals surface area contributed by atoms with Gasteiger partial charge in [-0.25, -0.2) is 0 Å². The Kier molecular flexibility index (Phi) is 62.1. The van der Waals surface area contributed by atoms with Gasteiger partial charge in [0.05, 0.1) is 17.4 Å². The largest absolute Gasteiger partial charge is 2.00 e. The molecule has 0 amide bonds. The molecule has 0 aliphatic rings. The first kappa shape index (κ1) is 15.7. The molecule has 0 radical (unpaired) electrons. The van der Waals surface area contributed by atoms with Gasteiger partial charge in [-0.05, 0) is 0 Å². The van der Waals surface area contributed by atoms with Gasteiger partial charge in [-0.1, -0.05) is 0 Å². The molecule has 0 bridgehead atoms. The Balaban J connectivity index is -0.0000000400. The molecule has 0 aliphatic carbocycles. The maximum Gasteiger partial charge on any atom is 2.00 e. The molecule has 0 saturated carbocycles. The third-order valence-electron chi connectivity index (χ3n) is 0. The zero-order valence-electron chi connectivity index (χ0n) is 3.23. The molecule has 0 atom stereocenters. The molecule has 0 N–H and O–H groups in total. The van der Waals surface area contributed by atoms with Crippen LogP contribution in [0, 0.1) is 0 Å². The van der Waals surface area contributed by atoms with Gasteiger partial charge >= 0.3 is 27.7 Å². The second-order valence-corrected chi connectivity index (χ2v) is 0.447. The summed E-state index contributed by atoms with van der Waals surface area (Å²) in [6, 6.07) is 0. The van der Waals surface area contributed by atoms with E-state index in [0.29, 0.717) is 0 Å². The molecule has 0 unspecified atom stereocenters. The number of hydrogen-bond acceptors (Lipinski definition) is 4. The van der Waals surface area contributed by atoms with E-state index in [4.69, 9.17) is 18.9 Å². The van der Waals surface area contributed by atoms with Crippen molar-refractivity contribution in [1.29, 1.82) is 0 Å². The van der Waals surface area contributed by atoms with E-state index in [1.54, 1.807) is 0 Å². The van der Waals surface area contributed by atoms with Crippen LogP contribution in [-0.4, -0.2) is 0 Å². The Morgan fingerprint density at radius 3 is 1.00 bits per heavy atom. The van der Waals surface area contributed by atoms with Crippen molar-refractivity contribution in [3.05, 3.63) is 0 Å². The minimum atomic E-state index is -1.08. The number of hydrogen-bond donors (Lipinski definition) is 0. The van der Waals surface area contributed by atoms with E-state index in [9.17, 15) is 0 Å². The zero-order valence-corrected chi connectivity index (χ0v) is 10.5. The first-order chi connectivity index (χ1) is 2.83. The Morgan fingerprint density at radius 2 is 1.00 bits per heavy atom. The molecule has 0 rings (SSSR count). The van der Waals surface area contributed by atoms with Crippen molar-refractivity contribution in [2.24, 2.45) is 0 Å². The second kappa shape index (κ2) is 27.7. The fraction of sp³-hybridized carbons (Fsp3) is 0. The molecule has 7 heavy (non-hydrogen) atoms. The van der Waals surface area contributed by atoms with Crippen molar-refractivity contribution in [1.82, 2.24) is 0 Å². The van der Waals surface area contributed by atoms with Crippen LogP contribution in [0.25, 0.3) is 0 Å². The fourth-order valence-corrected chi connectivity index (χ4v) is 0. The van der Waals surface area contributed by atoms with Crippen LogP contribution in [0.5, 0.6) is 0 Å². The molecular weight excluding hydrogens is 327 g/mol. The summed E-state index contributed by atoms with van der Waals surface area (Å²) in [6.45, 7) is 0. The molecule has 0 aromatic rings. The van der Waals surface area contributed by atoms with Crippen LogP contribution in [0.4, 0.5) is 0 Å². The van der Waals surface area contributed by atoms with Gasteiger partial charge < -0.3 is 9.79 Å². The van der Waals surface area contributed by atoms with Crippen LogP contribution in [0.15, 0.2) is 0 Å². The van der Waals surface area contributed by atoms with Gasteiger partial charge in [0.25, 0.3) is 0 Å². The van der Waals surface area contributed by atoms with Gasteiger partial charge in [0.2, 0.25) is 0 Å². The number of rotatable bonds is 0. The molecule has 0 saturated heterocycles. The van der Waals surface area contributed by atoms with E-state index in [-0.39, 0.29) is 27.7 Å². The van der Waals surface area contributed by atoms with E-state index in [1.807, 2.05) is 0 Å². The Labute approximate surface area is 64.0 Å². The van der Waals surface area contributed by atoms with Gasteiger partial charge in [0.1, 0.15) is 0 Å². The maximum absolute atomic E-state index is 8.35. The van der Waals surface area contributed by atoms with Crippen LogP contribution in [-0.2, 0) is 36.8 Å². The van der Waals surface area contributed by atoms with Crippen molar-refractivity contribution in [3.63, 3.8) is 0 Å². The SMILES string of the molecule is O=P[O-].O=P[O-].[Hg+2]. The van der Waals surface area contributed by atoms with Gasteiger partial charge in [-0.15, -0.1) is 0 Å². The smallest absolute Gasteiger partial charge is 0.772 e. The summed E-state index contributed by atoms with van der Waals surface area (Å²) in [5, 5.41) is 0. The minimum Gasteiger partial charge on any atom is -0.772 e. The minimum absolute atomic E-state index is 0. The normalized spacial score (nSPS) is 6.00. The summed E-state index contributed by atoms with van der Waals surface area (Å²) >= 11 is 0. The van der Waals surface area contributed by atoms with Crippen molar-refractivity contribution < 1.29 is 46.6 Å². The second-order valence-electron chi connectivity index (χ2n) is 0.149. The average molecular weight is 327 g/mol. The van der Waals surface area contributed by atoms with Crippen molar-refractivity contribution in [2.45, 2.75) is 0 Å². The topological polar surface area (TPSA) is 80.3 Å². The average Bonchev–Trinajstić information content (AvgIpc) is 1.39. The first-order valence-electron chi connectivity index (χ1n) is 0.730. The third-order valence-corrected chi connectivity index (χ3v) is 0. The molecule has 36 valence electrons. The summed E-state index contributed by atoms with van der Waals surface area (Å²) in [5.74, 6) is 0. The summed E-state index contributed by atoms with van der Waals surface area (Å²) < 4.78 is 16.7. The first-order valence-corrected chi connectivity index (χ1v) is 2.19. The van der Waals surface area contributed by atoms with Gasteiger partial charge in [0, 0.05) is 0 Å². The van der Waals surface area contributed by atoms with Crippen molar-refractivity contribution in [3.8, 4) is 0 Å². The quantitative estimate of drug-likeness (QED) is 0.427. The van der Waals surface area contributed by atoms with E-state index in [1.165, 1.54) is 0 Å². The van der Waals surface area contributed by atoms with E-state index in [0.717, 1.165) is 0 Å². The van der Waals surface area contributed by atoms with E-state index in [2.05, 4.69) is 0 Å². The summed E-state index contributed by atoms with van der Waals surface area (Å²) in [5.41, 5.74) is 0. The Bertz CT molecular complexity index is 30.7. The fourth-order valence-electron chi connectivity index (χ4n) is 0. The van der Waals surface area contributed by atoms with Crippen molar-refractivity contribution in [2.75, 3.05) is 0 Å². The van der Waals surface area contributed by atoms with E-state index < -0.39 is 17.4 Å². The molecule has 4 nitrogen and oxygen atoms in total. The maximum atomic E-state index is 8.35. The Morgan fingerprint density at radius 1 is 1.00 bits per heavy atom. The molecule has 0 aliphatic heterocycles. The molecule has 0 heterocycles. The summed E-state index contributed by atoms with van der Waals surface area (Å²) in [4.78, 5) is 16.7. The molecule has 0 spiro atoms. The predicted octanol–water partition coefficient (Wildman–Crippen LogP) is -0.896. The van der Waals surface area contributed by atoms with Crippen LogP contribution in [0.2, 0.25) is 0 Å². The summed E-state index contributed by atoms with van der Waals surface area (Å²) in [6.07, 6.45) is 0. The molecular formula is HgO4P2. The zero-order chi connectivity index (χ0) is 5.41. The molecule has 0 fully saturated rings. The third kappa shape index (κ3) is 162. The molecule has 0 aromatic heterocycles. The van der Waals surface area contributed by atoms with E-state index >= 15 is 0 Å². The Hall–Kier alpha value is 1.06. The summed E-state index contributed by atoms with van der Waals surface area (Å²) in [7, 11) is -2.17. The van der Waals surface area contributed by atoms with Gasteiger partial charge in [0.15, 0.2) is 0 Å². The molecule has 7 heteroatoms. The van der Waals surface area contributed by atoms with Crippen molar-refractivity contribution >= 4 is 17.4 Å². The van der Waals surface area contributed by atoms with Crippen LogP contribution in [0.3, 0.4) is 0 Å². The van der Waals surface area contributed by atoms with Crippen LogP contribution >= 0.6 is 17.4 Å².